The Hall–Kier alpha value is -2.47. The van der Waals surface area contributed by atoms with Crippen LogP contribution in [0.15, 0.2) is 36.4 Å². The largest absolute Gasteiger partial charge is 0.465 e. The van der Waals surface area contributed by atoms with Gasteiger partial charge in [0.2, 0.25) is 0 Å². The second-order valence-electron chi connectivity index (χ2n) is 4.19. The van der Waals surface area contributed by atoms with Crippen LogP contribution < -0.4 is 5.73 Å². The smallest absolute Gasteiger partial charge is 0.337 e. The van der Waals surface area contributed by atoms with Crippen molar-refractivity contribution < 1.29 is 9.53 Å². The Morgan fingerprint density at radius 1 is 1.30 bits per heavy atom. The SMILES string of the molecule is COC(=O)c1ccc2c(-c3nsc(N)n3)cccc2c1. The molecule has 0 atom stereocenters. The lowest BCUT2D eigenvalue weighted by Crippen LogP contribution is -2.00. The number of carbonyl (C=O) groups excluding carboxylic acids is 1. The van der Waals surface area contributed by atoms with Gasteiger partial charge in [-0.1, -0.05) is 24.3 Å². The van der Waals surface area contributed by atoms with E-state index >= 15 is 0 Å². The molecule has 0 saturated heterocycles. The van der Waals surface area contributed by atoms with Gasteiger partial charge in [0, 0.05) is 17.1 Å². The molecule has 0 aliphatic rings. The monoisotopic (exact) mass is 285 g/mol. The van der Waals surface area contributed by atoms with E-state index in [0.717, 1.165) is 27.9 Å². The topological polar surface area (TPSA) is 78.1 Å². The summed E-state index contributed by atoms with van der Waals surface area (Å²) in [4.78, 5) is 15.8. The number of carbonyl (C=O) groups is 1. The molecule has 3 rings (SSSR count). The number of hydrogen-bond acceptors (Lipinski definition) is 6. The number of methoxy groups -OCH3 is 1. The molecule has 0 unspecified atom stereocenters. The van der Waals surface area contributed by atoms with Crippen molar-refractivity contribution in [2.45, 2.75) is 0 Å². The molecular weight excluding hydrogens is 274 g/mol. The zero-order chi connectivity index (χ0) is 14.1. The van der Waals surface area contributed by atoms with Crippen molar-refractivity contribution in [3.05, 3.63) is 42.0 Å². The van der Waals surface area contributed by atoms with Gasteiger partial charge in [0.05, 0.1) is 12.7 Å². The third-order valence-corrected chi connectivity index (χ3v) is 3.53. The Morgan fingerprint density at radius 3 is 2.85 bits per heavy atom. The van der Waals surface area contributed by atoms with Gasteiger partial charge in [-0.15, -0.1) is 0 Å². The number of rotatable bonds is 2. The van der Waals surface area contributed by atoms with Crippen molar-refractivity contribution in [1.82, 2.24) is 9.36 Å². The second-order valence-corrected chi connectivity index (χ2v) is 4.97. The summed E-state index contributed by atoms with van der Waals surface area (Å²) >= 11 is 1.16. The van der Waals surface area contributed by atoms with Crippen LogP contribution in [0.4, 0.5) is 5.13 Å². The van der Waals surface area contributed by atoms with Crippen molar-refractivity contribution in [2.24, 2.45) is 0 Å². The first kappa shape index (κ1) is 12.6. The van der Waals surface area contributed by atoms with Gasteiger partial charge < -0.3 is 10.5 Å². The molecule has 1 heterocycles. The zero-order valence-electron chi connectivity index (χ0n) is 10.7. The molecule has 20 heavy (non-hydrogen) atoms. The number of hydrogen-bond donors (Lipinski definition) is 1. The highest BCUT2D eigenvalue weighted by molar-refractivity contribution is 7.09. The van der Waals surface area contributed by atoms with Crippen LogP contribution in [0.5, 0.6) is 0 Å². The number of anilines is 1. The van der Waals surface area contributed by atoms with Gasteiger partial charge in [-0.05, 0) is 22.9 Å². The summed E-state index contributed by atoms with van der Waals surface area (Å²) in [6, 6.07) is 11.2. The highest BCUT2D eigenvalue weighted by Gasteiger charge is 2.11. The first-order valence-electron chi connectivity index (χ1n) is 5.89. The number of esters is 1. The van der Waals surface area contributed by atoms with Crippen LogP contribution in [0, 0.1) is 0 Å². The summed E-state index contributed by atoms with van der Waals surface area (Å²) in [5.74, 6) is 0.247. The Bertz CT molecular complexity index is 798. The van der Waals surface area contributed by atoms with Crippen LogP contribution in [-0.4, -0.2) is 22.4 Å². The third kappa shape index (κ3) is 2.10. The van der Waals surface area contributed by atoms with E-state index in [1.807, 2.05) is 24.3 Å². The molecule has 100 valence electrons. The van der Waals surface area contributed by atoms with Gasteiger partial charge in [0.1, 0.15) is 0 Å². The summed E-state index contributed by atoms with van der Waals surface area (Å²) in [5.41, 5.74) is 7.04. The Morgan fingerprint density at radius 2 is 2.15 bits per heavy atom. The summed E-state index contributed by atoms with van der Waals surface area (Å²) in [7, 11) is 1.37. The predicted octanol–water partition coefficient (Wildman–Crippen LogP) is 2.73. The second kappa shape index (κ2) is 4.90. The van der Waals surface area contributed by atoms with Crippen molar-refractivity contribution in [2.75, 3.05) is 12.8 Å². The number of fused-ring (bicyclic) bond motifs is 1. The predicted molar refractivity (Wildman–Crippen MR) is 78.6 cm³/mol. The lowest BCUT2D eigenvalue weighted by Gasteiger charge is -2.05. The minimum atomic E-state index is -0.353. The molecule has 0 radical (unpaired) electrons. The first-order chi connectivity index (χ1) is 9.69. The fourth-order valence-electron chi connectivity index (χ4n) is 2.07. The Balaban J connectivity index is 2.18. The quantitative estimate of drug-likeness (QED) is 0.732. The van der Waals surface area contributed by atoms with Crippen LogP contribution in [0.2, 0.25) is 0 Å². The zero-order valence-corrected chi connectivity index (χ0v) is 11.5. The summed E-state index contributed by atoms with van der Waals surface area (Å²) in [6.45, 7) is 0. The minimum Gasteiger partial charge on any atom is -0.465 e. The summed E-state index contributed by atoms with van der Waals surface area (Å²) in [5, 5.41) is 2.33. The number of aromatic nitrogens is 2. The van der Waals surface area contributed by atoms with E-state index in [-0.39, 0.29) is 5.97 Å². The Kier molecular flexibility index (Phi) is 3.08. The van der Waals surface area contributed by atoms with Gasteiger partial charge in [0.25, 0.3) is 0 Å². The van der Waals surface area contributed by atoms with Gasteiger partial charge >= 0.3 is 5.97 Å². The highest BCUT2D eigenvalue weighted by atomic mass is 32.1. The average Bonchev–Trinajstić information content (AvgIpc) is 2.91. The maximum absolute atomic E-state index is 11.6. The molecular formula is C14H11N3O2S. The van der Waals surface area contributed by atoms with Gasteiger partial charge in [0.15, 0.2) is 11.0 Å². The molecule has 2 aromatic carbocycles. The summed E-state index contributed by atoms with van der Waals surface area (Å²) in [6.07, 6.45) is 0. The van der Waals surface area contributed by atoms with E-state index < -0.39 is 0 Å². The Labute approximate surface area is 119 Å². The van der Waals surface area contributed by atoms with E-state index in [9.17, 15) is 4.79 Å². The molecule has 5 nitrogen and oxygen atoms in total. The molecule has 0 aliphatic carbocycles. The summed E-state index contributed by atoms with van der Waals surface area (Å²) < 4.78 is 8.95. The molecule has 6 heteroatoms. The van der Waals surface area contributed by atoms with E-state index in [4.69, 9.17) is 10.5 Å². The van der Waals surface area contributed by atoms with Crippen LogP contribution in [-0.2, 0) is 4.74 Å². The van der Waals surface area contributed by atoms with Crippen molar-refractivity contribution in [1.29, 1.82) is 0 Å². The number of ether oxygens (including phenoxy) is 1. The molecule has 0 aliphatic heterocycles. The van der Waals surface area contributed by atoms with Gasteiger partial charge in [-0.2, -0.15) is 9.36 Å². The first-order valence-corrected chi connectivity index (χ1v) is 6.67. The normalized spacial score (nSPS) is 10.7. The van der Waals surface area contributed by atoms with E-state index in [0.29, 0.717) is 16.5 Å². The number of nitrogens with zero attached hydrogens (tertiary/aromatic N) is 2. The maximum Gasteiger partial charge on any atom is 0.337 e. The molecule has 3 aromatic rings. The van der Waals surface area contributed by atoms with E-state index in [2.05, 4.69) is 9.36 Å². The molecule has 0 saturated carbocycles. The number of nitrogens with two attached hydrogens (primary N) is 1. The molecule has 0 fully saturated rings. The van der Waals surface area contributed by atoms with Gasteiger partial charge in [-0.3, -0.25) is 0 Å². The van der Waals surface area contributed by atoms with E-state index in [1.165, 1.54) is 7.11 Å². The van der Waals surface area contributed by atoms with Gasteiger partial charge in [-0.25, -0.2) is 4.79 Å². The minimum absolute atomic E-state index is 0.353. The maximum atomic E-state index is 11.6. The number of nitrogen functional groups attached to an aromatic ring is 1. The number of benzene rings is 2. The standard InChI is InChI=1S/C14H11N3O2S/c1-19-13(18)9-5-6-10-8(7-9)3-2-4-11(10)12-16-14(15)20-17-12/h2-7H,1H3,(H2,15,16,17). The lowest BCUT2D eigenvalue weighted by molar-refractivity contribution is 0.0601. The fourth-order valence-corrected chi connectivity index (χ4v) is 2.51. The van der Waals surface area contributed by atoms with Crippen molar-refractivity contribution >= 4 is 33.4 Å². The molecule has 2 N–H and O–H groups in total. The van der Waals surface area contributed by atoms with E-state index in [1.54, 1.807) is 12.1 Å². The molecule has 0 bridgehead atoms. The highest BCUT2D eigenvalue weighted by Crippen LogP contribution is 2.28. The van der Waals surface area contributed by atoms with Crippen molar-refractivity contribution in [3.8, 4) is 11.4 Å². The lowest BCUT2D eigenvalue weighted by atomic mass is 10.0. The van der Waals surface area contributed by atoms with Crippen LogP contribution in [0.1, 0.15) is 10.4 Å². The molecule has 1 aromatic heterocycles. The fraction of sp³-hybridized carbons (Fsp3) is 0.0714. The van der Waals surface area contributed by atoms with Crippen LogP contribution >= 0.6 is 11.5 Å². The molecule has 0 amide bonds. The van der Waals surface area contributed by atoms with Crippen molar-refractivity contribution in [3.63, 3.8) is 0 Å². The average molecular weight is 285 g/mol. The van der Waals surface area contributed by atoms with Crippen LogP contribution in [0.3, 0.4) is 0 Å². The van der Waals surface area contributed by atoms with Crippen LogP contribution in [0.25, 0.3) is 22.2 Å². The molecule has 0 spiro atoms. The third-order valence-electron chi connectivity index (χ3n) is 2.98.